The molecule has 1 saturated carbocycles. The molecule has 0 aliphatic heterocycles. The molecule has 1 fully saturated rings. The van der Waals surface area contributed by atoms with Crippen LogP contribution in [0.5, 0.6) is 0 Å². The number of aryl methyl sites for hydroxylation is 2. The van der Waals surface area contributed by atoms with Crippen LogP contribution in [-0.2, 0) is 37.8 Å². The lowest BCUT2D eigenvalue weighted by Crippen LogP contribution is -2.33. The van der Waals surface area contributed by atoms with E-state index < -0.39 is 65.3 Å². The summed E-state index contributed by atoms with van der Waals surface area (Å²) in [7, 11) is 0. The fourth-order valence-corrected chi connectivity index (χ4v) is 7.39. The lowest BCUT2D eigenvalue weighted by Gasteiger charge is -2.25. The summed E-state index contributed by atoms with van der Waals surface area (Å²) >= 11 is 0. The van der Waals surface area contributed by atoms with Gasteiger partial charge in [-0.3, -0.25) is 19.6 Å². The Morgan fingerprint density at radius 3 is 1.25 bits per heavy atom. The minimum Gasteiger partial charge on any atom is -0.335 e. The molecule has 2 heterocycles. The number of pyridine rings is 2. The van der Waals surface area contributed by atoms with Crippen LogP contribution in [0, 0.1) is 13.8 Å². The molecule has 0 radical (unpaired) electrons. The van der Waals surface area contributed by atoms with Crippen LogP contribution < -0.4 is 0 Å². The van der Waals surface area contributed by atoms with Gasteiger partial charge in [-0.2, -0.15) is 52.7 Å². The van der Waals surface area contributed by atoms with E-state index in [2.05, 4.69) is 9.97 Å². The predicted molar refractivity (Wildman–Crippen MR) is 225 cm³/mol. The number of carbonyl (C=O) groups is 2. The molecule has 0 atom stereocenters. The molecule has 2 aromatic heterocycles. The summed E-state index contributed by atoms with van der Waals surface area (Å²) in [6.45, 7) is 4.61. The molecular formula is C49H40F12N4O2. The van der Waals surface area contributed by atoms with Gasteiger partial charge in [-0.1, -0.05) is 48.5 Å². The monoisotopic (exact) mass is 944 g/mol. The molecule has 67 heavy (non-hydrogen) atoms. The number of carbonyl (C=O) groups excluding carboxylic acids is 2. The third-order valence-electron chi connectivity index (χ3n) is 10.9. The summed E-state index contributed by atoms with van der Waals surface area (Å²) in [5, 5.41) is 0. The van der Waals surface area contributed by atoms with Crippen LogP contribution in [0.15, 0.2) is 122 Å². The first-order chi connectivity index (χ1) is 31.4. The number of alkyl halides is 12. The van der Waals surface area contributed by atoms with Crippen LogP contribution in [-0.4, -0.2) is 44.2 Å². The number of halogens is 12. The molecule has 7 rings (SSSR count). The molecule has 0 saturated heterocycles. The van der Waals surface area contributed by atoms with Gasteiger partial charge in [0.05, 0.1) is 33.4 Å². The van der Waals surface area contributed by atoms with Gasteiger partial charge in [0.25, 0.3) is 11.8 Å². The largest absolute Gasteiger partial charge is 0.416 e. The Hall–Kier alpha value is -6.72. The first-order valence-corrected chi connectivity index (χ1v) is 20.5. The fourth-order valence-electron chi connectivity index (χ4n) is 7.39. The van der Waals surface area contributed by atoms with Gasteiger partial charge in [-0.05, 0) is 127 Å². The van der Waals surface area contributed by atoms with E-state index in [0.717, 1.165) is 22.3 Å². The van der Waals surface area contributed by atoms with Crippen molar-refractivity contribution in [1.82, 2.24) is 19.8 Å². The van der Waals surface area contributed by atoms with Gasteiger partial charge in [0, 0.05) is 50.5 Å². The molecule has 0 N–H and O–H groups in total. The number of hydrogen-bond acceptors (Lipinski definition) is 4. The van der Waals surface area contributed by atoms with E-state index in [4.69, 9.17) is 0 Å². The molecule has 2 amide bonds. The van der Waals surface area contributed by atoms with E-state index in [0.29, 0.717) is 48.2 Å². The fraction of sp³-hybridized carbons (Fsp3) is 0.265. The minimum absolute atomic E-state index is 0.0680. The van der Waals surface area contributed by atoms with Crippen LogP contribution >= 0.6 is 0 Å². The molecule has 0 unspecified atom stereocenters. The van der Waals surface area contributed by atoms with Crippen molar-refractivity contribution < 1.29 is 62.3 Å². The summed E-state index contributed by atoms with van der Waals surface area (Å²) < 4.78 is 159. The van der Waals surface area contributed by atoms with Crippen LogP contribution in [0.25, 0.3) is 22.3 Å². The van der Waals surface area contributed by atoms with Gasteiger partial charge < -0.3 is 9.80 Å². The Balaban J connectivity index is 0.000000221. The topological polar surface area (TPSA) is 66.4 Å². The highest BCUT2D eigenvalue weighted by Crippen LogP contribution is 2.40. The normalized spacial score (nSPS) is 13.1. The van der Waals surface area contributed by atoms with Gasteiger partial charge in [-0.15, -0.1) is 0 Å². The second-order valence-electron chi connectivity index (χ2n) is 15.8. The molecular weight excluding hydrogens is 905 g/mol. The molecule has 18 heteroatoms. The second-order valence-corrected chi connectivity index (χ2v) is 15.8. The first kappa shape index (κ1) is 49.7. The standard InChI is InChI=1S/C25H20F6N2O.C24H20F6N2O/c1-15-4-2-3-5-20(15)21-8-9-32-13-22(21)23(34)33(19-6-7-19)14-16-10-17(24(26,27)28)12-18(11-16)25(29,30)31;1-3-32(14-16-10-17(23(25,26)27)12-18(11-16)24(28,29)30)22(33)21-13-31-9-8-20(21)19-7-5-4-6-15(19)2/h2-5,8-13,19H,6-7,14H2,1H3;4-13H,3,14H2,1-2H3. The molecule has 1 aliphatic carbocycles. The van der Waals surface area contributed by atoms with Gasteiger partial charge in [-0.25, -0.2) is 0 Å². The Morgan fingerprint density at radius 1 is 0.522 bits per heavy atom. The van der Waals surface area contributed by atoms with Gasteiger partial charge in [0.2, 0.25) is 0 Å². The number of nitrogens with zero attached hydrogens (tertiary/aromatic N) is 4. The molecule has 0 bridgehead atoms. The smallest absolute Gasteiger partial charge is 0.335 e. The molecule has 1 aliphatic rings. The third-order valence-corrected chi connectivity index (χ3v) is 10.9. The average molecular weight is 945 g/mol. The number of aromatic nitrogens is 2. The Labute approximate surface area is 376 Å². The lowest BCUT2D eigenvalue weighted by molar-refractivity contribution is -0.144. The number of benzene rings is 4. The van der Waals surface area contributed by atoms with Gasteiger partial charge in [0.1, 0.15) is 0 Å². The van der Waals surface area contributed by atoms with Gasteiger partial charge >= 0.3 is 24.7 Å². The molecule has 352 valence electrons. The quantitative estimate of drug-likeness (QED) is 0.128. The summed E-state index contributed by atoms with van der Waals surface area (Å²) in [5.74, 6) is -1.03. The van der Waals surface area contributed by atoms with E-state index in [-0.39, 0.29) is 53.5 Å². The zero-order valence-corrected chi connectivity index (χ0v) is 35.8. The van der Waals surface area contributed by atoms with Crippen molar-refractivity contribution in [3.8, 4) is 22.3 Å². The van der Waals surface area contributed by atoms with Crippen molar-refractivity contribution in [1.29, 1.82) is 0 Å². The number of hydrogen-bond donors (Lipinski definition) is 0. The summed E-state index contributed by atoms with van der Waals surface area (Å²) in [6.07, 6.45) is -12.8. The second kappa shape index (κ2) is 19.6. The van der Waals surface area contributed by atoms with Crippen molar-refractivity contribution >= 4 is 11.8 Å². The third kappa shape index (κ3) is 12.2. The van der Waals surface area contributed by atoms with Crippen LogP contribution in [0.1, 0.15) is 85.0 Å². The molecule has 6 nitrogen and oxygen atoms in total. The molecule has 4 aromatic carbocycles. The highest BCUT2D eigenvalue weighted by atomic mass is 19.4. The summed E-state index contributed by atoms with van der Waals surface area (Å²) in [5.41, 5.74) is -1.14. The predicted octanol–water partition coefficient (Wildman–Crippen LogP) is 13.7. The Kier molecular flexibility index (Phi) is 14.6. The zero-order valence-electron chi connectivity index (χ0n) is 35.8. The van der Waals surface area contributed by atoms with Crippen LogP contribution in [0.2, 0.25) is 0 Å². The average Bonchev–Trinajstić information content (AvgIpc) is 4.12. The maximum Gasteiger partial charge on any atom is 0.416 e. The first-order valence-electron chi connectivity index (χ1n) is 20.5. The van der Waals surface area contributed by atoms with Crippen LogP contribution in [0.4, 0.5) is 52.7 Å². The maximum absolute atomic E-state index is 13.5. The minimum atomic E-state index is -4.96. The van der Waals surface area contributed by atoms with Crippen molar-refractivity contribution in [2.45, 2.75) is 77.4 Å². The Morgan fingerprint density at radius 2 is 0.896 bits per heavy atom. The zero-order chi connectivity index (χ0) is 49.1. The summed E-state index contributed by atoms with van der Waals surface area (Å²) in [6, 6.07) is 20.5. The van der Waals surface area contributed by atoms with Crippen molar-refractivity contribution in [2.24, 2.45) is 0 Å². The highest BCUT2D eigenvalue weighted by molar-refractivity contribution is 6.02. The van der Waals surface area contributed by atoms with E-state index in [1.807, 2.05) is 56.3 Å². The van der Waals surface area contributed by atoms with E-state index >= 15 is 0 Å². The highest BCUT2D eigenvalue weighted by Gasteiger charge is 2.40. The maximum atomic E-state index is 13.5. The number of amides is 2. The lowest BCUT2D eigenvalue weighted by atomic mass is 9.96. The molecule has 6 aromatic rings. The number of rotatable bonds is 10. The van der Waals surface area contributed by atoms with Crippen molar-refractivity contribution in [3.05, 3.63) is 177 Å². The molecule has 0 spiro atoms. The van der Waals surface area contributed by atoms with E-state index in [9.17, 15) is 62.3 Å². The van der Waals surface area contributed by atoms with E-state index in [1.165, 1.54) is 34.6 Å². The van der Waals surface area contributed by atoms with Crippen LogP contribution in [0.3, 0.4) is 0 Å². The SMILES string of the molecule is CCN(Cc1cc(C(F)(F)F)cc(C(F)(F)F)c1)C(=O)c1cnccc1-c1ccccc1C.Cc1ccccc1-c1ccncc1C(=O)N(Cc1cc(C(F)(F)F)cc(C(F)(F)F)c1)C1CC1. The van der Waals surface area contributed by atoms with Gasteiger partial charge in [0.15, 0.2) is 0 Å². The van der Waals surface area contributed by atoms with E-state index in [1.54, 1.807) is 25.1 Å². The Bertz CT molecular complexity index is 2680. The van der Waals surface area contributed by atoms with Crippen molar-refractivity contribution in [2.75, 3.05) is 6.54 Å². The van der Waals surface area contributed by atoms with Crippen molar-refractivity contribution in [3.63, 3.8) is 0 Å². The summed E-state index contributed by atoms with van der Waals surface area (Å²) in [4.78, 5) is 37.4.